The number of amides is 1. The Kier molecular flexibility index (Phi) is 7.53. The van der Waals surface area contributed by atoms with Crippen LogP contribution in [0, 0.1) is 17.2 Å². The van der Waals surface area contributed by atoms with Crippen LogP contribution in [0.5, 0.6) is 5.75 Å². The first kappa shape index (κ1) is 23.7. The number of carbonyl (C=O) groups is 1. The van der Waals surface area contributed by atoms with Crippen LogP contribution in [0.25, 0.3) is 11.3 Å². The fourth-order valence-electron chi connectivity index (χ4n) is 3.75. The first-order valence-electron chi connectivity index (χ1n) is 11.4. The quantitative estimate of drug-likeness (QED) is 0.403. The smallest absolute Gasteiger partial charge is 0.270 e. The molecule has 4 rings (SSSR count). The zero-order valence-electron chi connectivity index (χ0n) is 19.4. The number of H-pyrrole nitrogens is 1. The van der Waals surface area contributed by atoms with Crippen LogP contribution in [0.2, 0.25) is 0 Å². The van der Waals surface area contributed by atoms with Gasteiger partial charge in [-0.05, 0) is 48.6 Å². The highest BCUT2D eigenvalue weighted by atomic mass is 16.5. The predicted octanol–water partition coefficient (Wildman–Crippen LogP) is 3.39. The molecular formula is C26H26N6O3. The minimum absolute atomic E-state index is 0.00511. The van der Waals surface area contributed by atoms with Crippen molar-refractivity contribution in [3.8, 4) is 23.1 Å². The lowest BCUT2D eigenvalue weighted by molar-refractivity contribution is -0.134. The Labute approximate surface area is 203 Å². The Morgan fingerprint density at radius 1 is 1.23 bits per heavy atom. The van der Waals surface area contributed by atoms with Crippen LogP contribution in [0.4, 0.5) is 5.95 Å². The third kappa shape index (κ3) is 6.12. The number of piperidine rings is 1. The Morgan fingerprint density at radius 2 is 1.94 bits per heavy atom. The molecule has 0 radical (unpaired) electrons. The summed E-state index contributed by atoms with van der Waals surface area (Å²) in [4.78, 5) is 33.4. The molecular weight excluding hydrogens is 444 g/mol. The zero-order valence-corrected chi connectivity index (χ0v) is 19.4. The maximum atomic E-state index is 12.3. The second kappa shape index (κ2) is 11.1. The molecule has 2 N–H and O–H groups in total. The molecule has 2 heterocycles. The highest BCUT2D eigenvalue weighted by Crippen LogP contribution is 2.20. The summed E-state index contributed by atoms with van der Waals surface area (Å²) < 4.78 is 5.64. The van der Waals surface area contributed by atoms with E-state index in [1.54, 1.807) is 42.6 Å². The van der Waals surface area contributed by atoms with Gasteiger partial charge < -0.3 is 9.64 Å². The van der Waals surface area contributed by atoms with Gasteiger partial charge >= 0.3 is 0 Å². The molecule has 1 aromatic heterocycles. The number of benzene rings is 2. The highest BCUT2D eigenvalue weighted by Gasteiger charge is 2.20. The topological polar surface area (TPSA) is 123 Å². The van der Waals surface area contributed by atoms with Gasteiger partial charge in [0.25, 0.3) is 11.5 Å². The van der Waals surface area contributed by atoms with Gasteiger partial charge in [0, 0.05) is 18.7 Å². The van der Waals surface area contributed by atoms with Gasteiger partial charge in [0.15, 0.2) is 6.61 Å². The van der Waals surface area contributed by atoms with Gasteiger partial charge in [-0.25, -0.2) is 10.4 Å². The molecule has 1 fully saturated rings. The molecule has 35 heavy (non-hydrogen) atoms. The summed E-state index contributed by atoms with van der Waals surface area (Å²) in [6.07, 6.45) is 3.63. The van der Waals surface area contributed by atoms with Crippen LogP contribution in [0.1, 0.15) is 30.9 Å². The molecule has 0 saturated carbocycles. The molecule has 1 amide bonds. The second-order valence-corrected chi connectivity index (χ2v) is 8.41. The number of nitriles is 1. The number of ether oxygens (including phenoxy) is 1. The second-order valence-electron chi connectivity index (χ2n) is 8.41. The first-order chi connectivity index (χ1) is 17.0. The van der Waals surface area contributed by atoms with E-state index in [-0.39, 0.29) is 29.7 Å². The maximum absolute atomic E-state index is 12.3. The summed E-state index contributed by atoms with van der Waals surface area (Å²) >= 11 is 0. The van der Waals surface area contributed by atoms with Crippen molar-refractivity contribution < 1.29 is 9.53 Å². The van der Waals surface area contributed by atoms with Crippen molar-refractivity contribution in [2.24, 2.45) is 11.0 Å². The number of anilines is 1. The van der Waals surface area contributed by atoms with Gasteiger partial charge in [0.2, 0.25) is 5.95 Å². The van der Waals surface area contributed by atoms with Crippen molar-refractivity contribution >= 4 is 18.1 Å². The third-order valence-corrected chi connectivity index (χ3v) is 5.84. The fourth-order valence-corrected chi connectivity index (χ4v) is 3.75. The van der Waals surface area contributed by atoms with E-state index in [2.05, 4.69) is 27.4 Å². The zero-order chi connectivity index (χ0) is 24.6. The minimum Gasteiger partial charge on any atom is -0.484 e. The molecule has 0 bridgehead atoms. The average molecular weight is 471 g/mol. The van der Waals surface area contributed by atoms with Crippen molar-refractivity contribution in [2.75, 3.05) is 25.1 Å². The first-order valence-corrected chi connectivity index (χ1v) is 11.4. The normalized spacial score (nSPS) is 14.0. The van der Waals surface area contributed by atoms with E-state index in [0.29, 0.717) is 17.2 Å². The summed E-state index contributed by atoms with van der Waals surface area (Å²) in [6.45, 7) is 3.81. The van der Waals surface area contributed by atoms with Gasteiger partial charge in [-0.2, -0.15) is 10.4 Å². The molecule has 3 aromatic rings. The molecule has 178 valence electrons. The van der Waals surface area contributed by atoms with Crippen molar-refractivity contribution in [3.63, 3.8) is 0 Å². The number of carbonyl (C=O) groups excluding carboxylic acids is 1. The van der Waals surface area contributed by atoms with E-state index in [9.17, 15) is 14.9 Å². The monoisotopic (exact) mass is 470 g/mol. The summed E-state index contributed by atoms with van der Waals surface area (Å²) in [7, 11) is 0. The van der Waals surface area contributed by atoms with Crippen molar-refractivity contribution in [1.82, 2.24) is 14.9 Å². The maximum Gasteiger partial charge on any atom is 0.270 e. The molecule has 1 aliphatic heterocycles. The largest absolute Gasteiger partial charge is 0.484 e. The van der Waals surface area contributed by atoms with Crippen LogP contribution in [-0.2, 0) is 4.79 Å². The number of hydrogen-bond acceptors (Lipinski definition) is 7. The van der Waals surface area contributed by atoms with E-state index >= 15 is 0 Å². The molecule has 9 heteroatoms. The Morgan fingerprint density at radius 3 is 2.63 bits per heavy atom. The van der Waals surface area contributed by atoms with Crippen molar-refractivity contribution in [2.45, 2.75) is 19.8 Å². The van der Waals surface area contributed by atoms with Crippen LogP contribution >= 0.6 is 0 Å². The van der Waals surface area contributed by atoms with Crippen LogP contribution in [-0.4, -0.2) is 46.7 Å². The number of nitrogens with zero attached hydrogens (tertiary/aromatic N) is 4. The van der Waals surface area contributed by atoms with Gasteiger partial charge in [0.05, 0.1) is 11.9 Å². The molecule has 0 unspecified atom stereocenters. The molecule has 2 aromatic carbocycles. The minimum atomic E-state index is -0.547. The standard InChI is InChI=1S/C26H26N6O3/c1-18-11-13-32(14-12-18)23(33)17-35-21-9-7-19(8-10-21)16-28-31-26-29-24(20-5-3-2-4-6-20)22(15-27)25(34)30-26/h2-10,16,18H,11-14,17H2,1H3,(H2,29,30,31,34). The van der Waals surface area contributed by atoms with Gasteiger partial charge in [0.1, 0.15) is 17.4 Å². The van der Waals surface area contributed by atoms with E-state index in [1.807, 2.05) is 29.2 Å². The lowest BCUT2D eigenvalue weighted by Gasteiger charge is -2.30. The number of rotatable bonds is 7. The molecule has 0 aliphatic carbocycles. The van der Waals surface area contributed by atoms with E-state index < -0.39 is 5.56 Å². The van der Waals surface area contributed by atoms with Gasteiger partial charge in [-0.1, -0.05) is 37.3 Å². The summed E-state index contributed by atoms with van der Waals surface area (Å²) in [5.74, 6) is 1.39. The van der Waals surface area contributed by atoms with Crippen LogP contribution in [0.3, 0.4) is 0 Å². The number of aromatic nitrogens is 2. The van der Waals surface area contributed by atoms with E-state index in [0.717, 1.165) is 31.5 Å². The summed E-state index contributed by atoms with van der Waals surface area (Å²) in [6, 6.07) is 18.1. The van der Waals surface area contributed by atoms with Gasteiger partial charge in [-0.15, -0.1) is 0 Å². The van der Waals surface area contributed by atoms with Crippen LogP contribution in [0.15, 0.2) is 64.5 Å². The van der Waals surface area contributed by atoms with Crippen molar-refractivity contribution in [3.05, 3.63) is 76.1 Å². The van der Waals surface area contributed by atoms with E-state index in [1.165, 1.54) is 0 Å². The SMILES string of the molecule is CC1CCN(C(=O)COc2ccc(C=NNc3nc(-c4ccccc4)c(C#N)c(=O)[nH]3)cc2)CC1. The number of aromatic amines is 1. The highest BCUT2D eigenvalue weighted by molar-refractivity contribution is 5.80. The Bertz CT molecular complexity index is 1290. The summed E-state index contributed by atoms with van der Waals surface area (Å²) in [5, 5.41) is 13.5. The Balaban J connectivity index is 1.35. The molecule has 9 nitrogen and oxygen atoms in total. The lowest BCUT2D eigenvalue weighted by atomic mass is 9.99. The molecule has 1 aliphatic rings. The van der Waals surface area contributed by atoms with E-state index in [4.69, 9.17) is 4.74 Å². The predicted molar refractivity (Wildman–Crippen MR) is 133 cm³/mol. The van der Waals surface area contributed by atoms with Crippen LogP contribution < -0.4 is 15.7 Å². The summed E-state index contributed by atoms with van der Waals surface area (Å²) in [5.41, 5.74) is 3.81. The molecule has 1 saturated heterocycles. The number of hydrogen-bond donors (Lipinski definition) is 2. The number of nitrogens with one attached hydrogen (secondary N) is 2. The number of hydrazone groups is 1. The van der Waals surface area contributed by atoms with Crippen molar-refractivity contribution in [1.29, 1.82) is 5.26 Å². The fraction of sp³-hybridized carbons (Fsp3) is 0.269. The number of likely N-dealkylation sites (tertiary alicyclic amines) is 1. The Hall–Kier alpha value is -4.45. The van der Waals surface area contributed by atoms with Gasteiger partial charge in [-0.3, -0.25) is 14.6 Å². The third-order valence-electron chi connectivity index (χ3n) is 5.84. The molecule has 0 spiro atoms. The molecule has 0 atom stereocenters. The average Bonchev–Trinajstić information content (AvgIpc) is 2.88. The lowest BCUT2D eigenvalue weighted by Crippen LogP contribution is -2.40.